The smallest absolute Gasteiger partial charge is 0.379 e. The number of ether oxygens (including phenoxy) is 4. The molecule has 0 heterocycles. The van der Waals surface area contributed by atoms with Crippen LogP contribution in [0.4, 0.5) is 0 Å². The van der Waals surface area contributed by atoms with Gasteiger partial charge in [-0.2, -0.15) is 0 Å². The van der Waals surface area contributed by atoms with Crippen molar-refractivity contribution in [3.63, 3.8) is 0 Å². The van der Waals surface area contributed by atoms with E-state index in [2.05, 4.69) is 0 Å². The van der Waals surface area contributed by atoms with E-state index in [-0.39, 0.29) is 0 Å². The Kier molecular flexibility index (Phi) is 25.3. The normalized spacial score (nSPS) is 12.5. The summed E-state index contributed by atoms with van der Waals surface area (Å²) in [7, 11) is -5.15. The van der Waals surface area contributed by atoms with Crippen LogP contribution >= 0.6 is 0 Å². The molecule has 0 fully saturated rings. The topological polar surface area (TPSA) is 92.3 Å². The summed E-state index contributed by atoms with van der Waals surface area (Å²) in [6, 6.07) is 1.52. The Morgan fingerprint density at radius 3 is 0.778 bits per heavy atom. The van der Waals surface area contributed by atoms with Gasteiger partial charge in [0.15, 0.2) is 0 Å². The molecule has 0 aromatic carbocycles. The van der Waals surface area contributed by atoms with Crippen LogP contribution in [0.1, 0.15) is 54.4 Å². The molecule has 0 saturated carbocycles. The molecule has 0 bridgehead atoms. The SMILES string of the molecule is CCO[Si](CCCOCCOCCOCCOCCC[Si](OCC)(OCC)OCC)(OCC)OCC. The zero-order chi connectivity index (χ0) is 26.8. The van der Waals surface area contributed by atoms with Crippen molar-refractivity contribution in [2.75, 3.05) is 92.5 Å². The van der Waals surface area contributed by atoms with Crippen LogP contribution in [0.25, 0.3) is 0 Å². The molecule has 0 N–H and O–H groups in total. The van der Waals surface area contributed by atoms with Crippen LogP contribution in [-0.4, -0.2) is 110 Å². The molecule has 12 heteroatoms. The Labute approximate surface area is 222 Å². The van der Waals surface area contributed by atoms with E-state index in [1.165, 1.54) is 0 Å². The van der Waals surface area contributed by atoms with E-state index in [4.69, 9.17) is 45.5 Å². The standard InChI is InChI=1S/C24H54O10Si2/c1-7-29-35(30-8-2,31-9-3)23-13-15-25-17-19-27-21-22-28-20-18-26-16-14-24-36(32-10-4,33-11-5)34-12-6/h7-24H2,1-6H3. The Morgan fingerprint density at radius 1 is 0.333 bits per heavy atom. The van der Waals surface area contributed by atoms with Gasteiger partial charge in [-0.1, -0.05) is 0 Å². The van der Waals surface area contributed by atoms with Crippen LogP contribution in [-0.2, 0) is 45.5 Å². The third-order valence-electron chi connectivity index (χ3n) is 4.84. The molecule has 36 heavy (non-hydrogen) atoms. The molecule has 0 rings (SSSR count). The van der Waals surface area contributed by atoms with E-state index in [1.807, 2.05) is 41.5 Å². The highest BCUT2D eigenvalue weighted by atomic mass is 28.4. The molecule has 0 unspecified atom stereocenters. The largest absolute Gasteiger partial charge is 0.501 e. The second-order valence-corrected chi connectivity index (χ2v) is 13.1. The van der Waals surface area contributed by atoms with Gasteiger partial charge in [0.2, 0.25) is 0 Å². The third kappa shape index (κ3) is 18.3. The van der Waals surface area contributed by atoms with Gasteiger partial charge in [0.25, 0.3) is 0 Å². The van der Waals surface area contributed by atoms with E-state index < -0.39 is 17.6 Å². The molecular weight excluding hydrogens is 504 g/mol. The summed E-state index contributed by atoms with van der Waals surface area (Å²) in [5.41, 5.74) is 0. The Bertz CT molecular complexity index is 389. The van der Waals surface area contributed by atoms with Crippen LogP contribution in [0, 0.1) is 0 Å². The maximum Gasteiger partial charge on any atom is 0.501 e. The van der Waals surface area contributed by atoms with Crippen LogP contribution < -0.4 is 0 Å². The zero-order valence-corrected chi connectivity index (χ0v) is 25.8. The van der Waals surface area contributed by atoms with Gasteiger partial charge in [-0.25, -0.2) is 0 Å². The van der Waals surface area contributed by atoms with Gasteiger partial charge in [0, 0.05) is 64.9 Å². The molecule has 0 spiro atoms. The highest BCUT2D eigenvalue weighted by molar-refractivity contribution is 6.61. The molecule has 218 valence electrons. The first-order valence-electron chi connectivity index (χ1n) is 13.7. The lowest BCUT2D eigenvalue weighted by molar-refractivity contribution is -0.00277. The van der Waals surface area contributed by atoms with E-state index in [0.717, 1.165) is 24.9 Å². The Balaban J connectivity index is 3.66. The summed E-state index contributed by atoms with van der Waals surface area (Å²) in [5.74, 6) is 0. The average Bonchev–Trinajstić information content (AvgIpc) is 2.85. The van der Waals surface area contributed by atoms with Crippen molar-refractivity contribution in [3.8, 4) is 0 Å². The zero-order valence-electron chi connectivity index (χ0n) is 23.8. The van der Waals surface area contributed by atoms with Crippen LogP contribution in [0.2, 0.25) is 12.1 Å². The fourth-order valence-corrected chi connectivity index (χ4v) is 8.71. The Hall–Kier alpha value is 0.0338. The first-order chi connectivity index (χ1) is 17.6. The lowest BCUT2D eigenvalue weighted by Crippen LogP contribution is -2.46. The predicted octanol–water partition coefficient (Wildman–Crippen LogP) is 3.93. The van der Waals surface area contributed by atoms with E-state index in [9.17, 15) is 0 Å². The number of rotatable bonds is 29. The van der Waals surface area contributed by atoms with Crippen molar-refractivity contribution in [2.24, 2.45) is 0 Å². The van der Waals surface area contributed by atoms with Gasteiger partial charge >= 0.3 is 17.6 Å². The van der Waals surface area contributed by atoms with Crippen molar-refractivity contribution in [3.05, 3.63) is 0 Å². The molecule has 0 aromatic heterocycles. The van der Waals surface area contributed by atoms with Crippen LogP contribution in [0.5, 0.6) is 0 Å². The summed E-state index contributed by atoms with van der Waals surface area (Å²) < 4.78 is 57.5. The first kappa shape index (κ1) is 36.0. The minimum Gasteiger partial charge on any atom is -0.379 e. The molecule has 0 aliphatic carbocycles. The van der Waals surface area contributed by atoms with Gasteiger partial charge in [-0.05, 0) is 54.4 Å². The minimum absolute atomic E-state index is 0.531. The highest BCUT2D eigenvalue weighted by Crippen LogP contribution is 2.19. The fourth-order valence-electron chi connectivity index (χ4n) is 3.55. The van der Waals surface area contributed by atoms with Crippen molar-refractivity contribution >= 4 is 17.6 Å². The van der Waals surface area contributed by atoms with Gasteiger partial charge in [-0.3, -0.25) is 0 Å². The van der Waals surface area contributed by atoms with Crippen LogP contribution in [0.3, 0.4) is 0 Å². The van der Waals surface area contributed by atoms with Gasteiger partial charge < -0.3 is 45.5 Å². The summed E-state index contributed by atoms with van der Waals surface area (Å²) >= 11 is 0. The van der Waals surface area contributed by atoms with Gasteiger partial charge in [0.05, 0.1) is 39.6 Å². The first-order valence-corrected chi connectivity index (χ1v) is 17.6. The summed E-state index contributed by atoms with van der Waals surface area (Å²) in [4.78, 5) is 0. The molecule has 10 nitrogen and oxygen atoms in total. The number of hydrogen-bond donors (Lipinski definition) is 0. The molecular formula is C24H54O10Si2. The molecule has 0 aromatic rings. The van der Waals surface area contributed by atoms with Gasteiger partial charge in [-0.15, -0.1) is 0 Å². The maximum absolute atomic E-state index is 5.85. The lowest BCUT2D eigenvalue weighted by Gasteiger charge is -2.28. The van der Waals surface area contributed by atoms with Crippen molar-refractivity contribution in [1.29, 1.82) is 0 Å². The molecule has 0 atom stereocenters. The second-order valence-electron chi connectivity index (χ2n) is 7.62. The molecule has 0 aliphatic rings. The molecule has 0 amide bonds. The summed E-state index contributed by atoms with van der Waals surface area (Å²) in [6.07, 6.45) is 1.67. The van der Waals surface area contributed by atoms with Crippen LogP contribution in [0.15, 0.2) is 0 Å². The van der Waals surface area contributed by atoms with E-state index >= 15 is 0 Å². The summed E-state index contributed by atoms with van der Waals surface area (Å²) in [5, 5.41) is 0. The minimum atomic E-state index is -2.57. The summed E-state index contributed by atoms with van der Waals surface area (Å²) in [6.45, 7) is 19.8. The molecule has 0 radical (unpaired) electrons. The van der Waals surface area contributed by atoms with E-state index in [0.29, 0.717) is 92.5 Å². The molecule has 0 aliphatic heterocycles. The highest BCUT2D eigenvalue weighted by Gasteiger charge is 2.40. The van der Waals surface area contributed by atoms with Crippen molar-refractivity contribution in [2.45, 2.75) is 66.5 Å². The van der Waals surface area contributed by atoms with Gasteiger partial charge in [0.1, 0.15) is 0 Å². The van der Waals surface area contributed by atoms with Crippen molar-refractivity contribution in [1.82, 2.24) is 0 Å². The number of hydrogen-bond acceptors (Lipinski definition) is 10. The molecule has 0 saturated heterocycles. The quantitative estimate of drug-likeness (QED) is 0.0993. The fraction of sp³-hybridized carbons (Fsp3) is 1.00. The average molecular weight is 559 g/mol. The predicted molar refractivity (Wildman–Crippen MR) is 143 cm³/mol. The third-order valence-corrected chi connectivity index (χ3v) is 11.1. The Morgan fingerprint density at radius 2 is 0.556 bits per heavy atom. The maximum atomic E-state index is 5.85. The lowest BCUT2D eigenvalue weighted by atomic mass is 10.5. The monoisotopic (exact) mass is 558 g/mol. The second kappa shape index (κ2) is 25.3. The van der Waals surface area contributed by atoms with Crippen molar-refractivity contribution < 1.29 is 45.5 Å². The van der Waals surface area contributed by atoms with E-state index in [1.54, 1.807) is 0 Å².